The normalized spacial score (nSPS) is 17.8. The monoisotopic (exact) mass is 426 g/mol. The Hall–Kier alpha value is -3.06. The lowest BCUT2D eigenvalue weighted by molar-refractivity contribution is 0.0949. The number of carbonyl (C=O) groups is 1. The van der Waals surface area contributed by atoms with Crippen LogP contribution in [-0.2, 0) is 12.0 Å². The van der Waals surface area contributed by atoms with E-state index < -0.39 is 11.6 Å². The third kappa shape index (κ3) is 3.63. The summed E-state index contributed by atoms with van der Waals surface area (Å²) in [7, 11) is 0. The Morgan fingerprint density at radius 1 is 0.968 bits per heavy atom. The second kappa shape index (κ2) is 7.57. The zero-order valence-electron chi connectivity index (χ0n) is 16.8. The first kappa shape index (κ1) is 19.9. The molecule has 1 amide bonds. The van der Waals surface area contributed by atoms with Crippen LogP contribution in [0.15, 0.2) is 59.2 Å². The Morgan fingerprint density at radius 2 is 1.71 bits per heavy atom. The van der Waals surface area contributed by atoms with Crippen molar-refractivity contribution in [2.24, 2.45) is 0 Å². The van der Waals surface area contributed by atoms with Crippen LogP contribution in [0.25, 0.3) is 0 Å². The van der Waals surface area contributed by atoms with Crippen LogP contribution in [0.5, 0.6) is 0 Å². The van der Waals surface area contributed by atoms with Gasteiger partial charge in [-0.15, -0.1) is 0 Å². The SMILES string of the molecule is O=C(c1ccco1)N1CC2(CCN(Cc3cc(F)cc(F)c3)CC2)c2cc(F)ccc21. The molecule has 0 unspecified atom stereocenters. The second-order valence-corrected chi connectivity index (χ2v) is 8.36. The molecule has 2 aromatic carbocycles. The molecule has 3 heterocycles. The predicted molar refractivity (Wildman–Crippen MR) is 109 cm³/mol. The number of carbonyl (C=O) groups excluding carboxylic acids is 1. The lowest BCUT2D eigenvalue weighted by atomic mass is 9.74. The fourth-order valence-corrected chi connectivity index (χ4v) is 4.88. The van der Waals surface area contributed by atoms with Crippen molar-refractivity contribution in [2.45, 2.75) is 24.8 Å². The highest BCUT2D eigenvalue weighted by Crippen LogP contribution is 2.47. The van der Waals surface area contributed by atoms with E-state index in [1.165, 1.54) is 30.5 Å². The number of benzene rings is 2. The van der Waals surface area contributed by atoms with Crippen LogP contribution in [0.4, 0.5) is 18.9 Å². The summed E-state index contributed by atoms with van der Waals surface area (Å²) in [5.74, 6) is -1.50. The largest absolute Gasteiger partial charge is 0.459 e. The smallest absolute Gasteiger partial charge is 0.293 e. The lowest BCUT2D eigenvalue weighted by Crippen LogP contribution is -2.45. The number of likely N-dealkylation sites (tertiary alicyclic amines) is 1. The van der Waals surface area contributed by atoms with Gasteiger partial charge in [0.1, 0.15) is 17.5 Å². The number of furan rings is 1. The highest BCUT2D eigenvalue weighted by atomic mass is 19.1. The molecule has 31 heavy (non-hydrogen) atoms. The summed E-state index contributed by atoms with van der Waals surface area (Å²) in [6, 6.07) is 11.4. The van der Waals surface area contributed by atoms with E-state index in [1.54, 1.807) is 23.1 Å². The number of hydrogen-bond donors (Lipinski definition) is 0. The Labute approximate surface area is 177 Å². The van der Waals surface area contributed by atoms with Gasteiger partial charge in [0.2, 0.25) is 0 Å². The number of anilines is 1. The first-order valence-corrected chi connectivity index (χ1v) is 10.3. The Balaban J connectivity index is 1.38. The maximum atomic E-state index is 14.1. The molecule has 1 aromatic heterocycles. The van der Waals surface area contributed by atoms with Crippen molar-refractivity contribution in [2.75, 3.05) is 24.5 Å². The number of amides is 1. The van der Waals surface area contributed by atoms with Gasteiger partial charge in [-0.25, -0.2) is 13.2 Å². The first-order chi connectivity index (χ1) is 14.9. The molecule has 2 aliphatic heterocycles. The molecule has 4 nitrogen and oxygen atoms in total. The summed E-state index contributed by atoms with van der Waals surface area (Å²) in [6.07, 6.45) is 2.88. The van der Waals surface area contributed by atoms with Gasteiger partial charge in [0, 0.05) is 30.3 Å². The third-order valence-corrected chi connectivity index (χ3v) is 6.40. The average Bonchev–Trinajstić information content (AvgIpc) is 3.36. The molecule has 0 atom stereocenters. The Morgan fingerprint density at radius 3 is 2.39 bits per heavy atom. The summed E-state index contributed by atoms with van der Waals surface area (Å²) >= 11 is 0. The molecule has 0 aliphatic carbocycles. The minimum absolute atomic E-state index is 0.243. The molecule has 0 bridgehead atoms. The van der Waals surface area contributed by atoms with Crippen molar-refractivity contribution in [3.05, 3.63) is 89.1 Å². The molecule has 160 valence electrons. The summed E-state index contributed by atoms with van der Waals surface area (Å²) in [4.78, 5) is 16.8. The zero-order chi connectivity index (χ0) is 21.6. The average molecular weight is 426 g/mol. The maximum Gasteiger partial charge on any atom is 0.293 e. The van der Waals surface area contributed by atoms with Crippen molar-refractivity contribution in [1.29, 1.82) is 0 Å². The van der Waals surface area contributed by atoms with E-state index in [0.717, 1.165) is 11.6 Å². The molecular formula is C24H21F3N2O2. The standard InChI is InChI=1S/C24H21F3N2O2/c25-17-3-4-21-20(13-17)24(15-29(21)23(30)22-2-1-9-31-22)5-7-28(8-6-24)14-16-10-18(26)12-19(27)11-16/h1-4,9-13H,5-8,14-15H2. The molecule has 0 radical (unpaired) electrons. The van der Waals surface area contributed by atoms with E-state index in [-0.39, 0.29) is 22.9 Å². The molecule has 3 aromatic rings. The van der Waals surface area contributed by atoms with Gasteiger partial charge in [0.25, 0.3) is 5.91 Å². The summed E-state index contributed by atoms with van der Waals surface area (Å²) in [5.41, 5.74) is 1.77. The molecule has 2 aliphatic rings. The van der Waals surface area contributed by atoms with Gasteiger partial charge in [0.05, 0.1) is 6.26 Å². The highest BCUT2D eigenvalue weighted by Gasteiger charge is 2.47. The van der Waals surface area contributed by atoms with Gasteiger partial charge in [-0.05, 0) is 79.5 Å². The molecule has 0 saturated carbocycles. The minimum atomic E-state index is -0.587. The highest BCUT2D eigenvalue weighted by molar-refractivity contribution is 6.06. The quantitative estimate of drug-likeness (QED) is 0.598. The fourth-order valence-electron chi connectivity index (χ4n) is 4.88. The molecule has 0 N–H and O–H groups in total. The number of halogens is 3. The number of hydrogen-bond acceptors (Lipinski definition) is 3. The molecular weight excluding hydrogens is 405 g/mol. The van der Waals surface area contributed by atoms with Crippen molar-refractivity contribution < 1.29 is 22.4 Å². The van der Waals surface area contributed by atoms with Crippen molar-refractivity contribution in [3.63, 3.8) is 0 Å². The van der Waals surface area contributed by atoms with Gasteiger partial charge in [-0.1, -0.05) is 0 Å². The Bertz CT molecular complexity index is 1100. The zero-order valence-corrected chi connectivity index (χ0v) is 16.8. The van der Waals surface area contributed by atoms with Crippen LogP contribution < -0.4 is 4.90 Å². The maximum absolute atomic E-state index is 14.1. The number of nitrogens with zero attached hydrogens (tertiary/aromatic N) is 2. The van der Waals surface area contributed by atoms with Gasteiger partial charge in [-0.3, -0.25) is 9.69 Å². The summed E-state index contributed by atoms with van der Waals surface area (Å²) in [6.45, 7) is 2.25. The second-order valence-electron chi connectivity index (χ2n) is 8.36. The lowest BCUT2D eigenvalue weighted by Gasteiger charge is -2.40. The van der Waals surface area contributed by atoms with Crippen LogP contribution in [-0.4, -0.2) is 30.4 Å². The summed E-state index contributed by atoms with van der Waals surface area (Å²) in [5, 5.41) is 0. The molecule has 7 heteroatoms. The summed E-state index contributed by atoms with van der Waals surface area (Å²) < 4.78 is 46.5. The topological polar surface area (TPSA) is 36.7 Å². The van der Waals surface area contributed by atoms with E-state index in [0.29, 0.717) is 50.3 Å². The number of rotatable bonds is 3. The molecule has 5 rings (SSSR count). The number of piperidine rings is 1. The van der Waals surface area contributed by atoms with E-state index in [9.17, 15) is 18.0 Å². The Kier molecular flexibility index (Phi) is 4.85. The molecule has 1 saturated heterocycles. The van der Waals surface area contributed by atoms with Crippen LogP contribution in [0, 0.1) is 17.5 Å². The van der Waals surface area contributed by atoms with E-state index >= 15 is 0 Å². The minimum Gasteiger partial charge on any atom is -0.459 e. The predicted octanol–water partition coefficient (Wildman–Crippen LogP) is 4.89. The van der Waals surface area contributed by atoms with Gasteiger partial charge in [-0.2, -0.15) is 0 Å². The van der Waals surface area contributed by atoms with Crippen molar-refractivity contribution in [1.82, 2.24) is 4.90 Å². The van der Waals surface area contributed by atoms with E-state index in [1.807, 2.05) is 0 Å². The van der Waals surface area contributed by atoms with E-state index in [4.69, 9.17) is 4.42 Å². The van der Waals surface area contributed by atoms with Crippen LogP contribution in [0.2, 0.25) is 0 Å². The molecule has 1 fully saturated rings. The first-order valence-electron chi connectivity index (χ1n) is 10.3. The fraction of sp³-hybridized carbons (Fsp3) is 0.292. The number of fused-ring (bicyclic) bond motifs is 2. The third-order valence-electron chi connectivity index (χ3n) is 6.40. The van der Waals surface area contributed by atoms with Crippen molar-refractivity contribution >= 4 is 11.6 Å². The molecule has 1 spiro atoms. The van der Waals surface area contributed by atoms with Crippen molar-refractivity contribution in [3.8, 4) is 0 Å². The van der Waals surface area contributed by atoms with Crippen LogP contribution in [0.3, 0.4) is 0 Å². The van der Waals surface area contributed by atoms with Gasteiger partial charge < -0.3 is 9.32 Å². The van der Waals surface area contributed by atoms with E-state index in [2.05, 4.69) is 4.90 Å². The van der Waals surface area contributed by atoms with Gasteiger partial charge >= 0.3 is 0 Å². The van der Waals surface area contributed by atoms with Crippen LogP contribution in [0.1, 0.15) is 34.5 Å². The van der Waals surface area contributed by atoms with Gasteiger partial charge in [0.15, 0.2) is 5.76 Å². The van der Waals surface area contributed by atoms with Crippen LogP contribution >= 0.6 is 0 Å².